The number of benzene rings is 1. The first kappa shape index (κ1) is 18.4. The molecule has 2 aromatic rings. The van der Waals surface area contributed by atoms with Gasteiger partial charge in [0.15, 0.2) is 0 Å². The molecule has 0 aliphatic heterocycles. The molecule has 0 saturated heterocycles. The Balaban J connectivity index is 1.98. The number of esters is 1. The number of aryl methyl sites for hydroxylation is 1. The zero-order valence-electron chi connectivity index (χ0n) is 14.3. The molecule has 0 unspecified atom stereocenters. The monoisotopic (exact) mass is 343 g/mol. The molecule has 0 fully saturated rings. The number of nitrogens with one attached hydrogen (secondary N) is 1. The Bertz CT molecular complexity index is 797. The van der Waals surface area contributed by atoms with Gasteiger partial charge in [-0.3, -0.25) is 14.2 Å². The van der Waals surface area contributed by atoms with E-state index in [2.05, 4.69) is 10.3 Å². The number of nitrogens with zero attached hydrogens (tertiary/aromatic N) is 2. The molecule has 0 aliphatic rings. The van der Waals surface area contributed by atoms with Gasteiger partial charge in [-0.15, -0.1) is 0 Å². The molecule has 1 amide bonds. The van der Waals surface area contributed by atoms with Gasteiger partial charge in [-0.2, -0.15) is 0 Å². The lowest BCUT2D eigenvalue weighted by Crippen LogP contribution is -2.27. The minimum Gasteiger partial charge on any atom is -0.462 e. The van der Waals surface area contributed by atoms with Gasteiger partial charge >= 0.3 is 5.97 Å². The van der Waals surface area contributed by atoms with Gasteiger partial charge in [0.2, 0.25) is 5.91 Å². The van der Waals surface area contributed by atoms with Gasteiger partial charge in [0, 0.05) is 17.4 Å². The summed E-state index contributed by atoms with van der Waals surface area (Å²) in [4.78, 5) is 39.8. The van der Waals surface area contributed by atoms with Gasteiger partial charge in [-0.1, -0.05) is 13.3 Å². The molecule has 0 bridgehead atoms. The molecule has 1 aromatic heterocycles. The Morgan fingerprint density at radius 1 is 1.20 bits per heavy atom. The summed E-state index contributed by atoms with van der Waals surface area (Å²) in [5, 5.41) is 2.68. The van der Waals surface area contributed by atoms with Crippen LogP contribution in [0.2, 0.25) is 0 Å². The number of anilines is 1. The lowest BCUT2D eigenvalue weighted by atomic mass is 10.2. The van der Waals surface area contributed by atoms with Crippen molar-refractivity contribution in [2.45, 2.75) is 33.2 Å². The second-order valence-corrected chi connectivity index (χ2v) is 5.44. The van der Waals surface area contributed by atoms with E-state index < -0.39 is 5.97 Å². The van der Waals surface area contributed by atoms with Crippen LogP contribution in [0.3, 0.4) is 0 Å². The van der Waals surface area contributed by atoms with Crippen LogP contribution < -0.4 is 10.9 Å². The second-order valence-electron chi connectivity index (χ2n) is 5.44. The van der Waals surface area contributed by atoms with Crippen molar-refractivity contribution in [3.8, 4) is 0 Å². The molecular formula is C18H21N3O4. The van der Waals surface area contributed by atoms with Crippen molar-refractivity contribution in [3.63, 3.8) is 0 Å². The molecule has 1 N–H and O–H groups in total. The molecule has 25 heavy (non-hydrogen) atoms. The largest absolute Gasteiger partial charge is 0.462 e. The maximum atomic E-state index is 12.1. The van der Waals surface area contributed by atoms with Gasteiger partial charge in [-0.25, -0.2) is 9.78 Å². The molecule has 1 heterocycles. The number of carbonyl (C=O) groups is 2. The maximum absolute atomic E-state index is 12.1. The van der Waals surface area contributed by atoms with Crippen LogP contribution in [0, 0.1) is 0 Å². The summed E-state index contributed by atoms with van der Waals surface area (Å²) in [6.45, 7) is 3.92. The van der Waals surface area contributed by atoms with Crippen molar-refractivity contribution < 1.29 is 14.3 Å². The van der Waals surface area contributed by atoms with Crippen molar-refractivity contribution in [2.24, 2.45) is 0 Å². The Morgan fingerprint density at radius 2 is 1.92 bits per heavy atom. The average molecular weight is 343 g/mol. The molecule has 0 aliphatic carbocycles. The van der Waals surface area contributed by atoms with Crippen LogP contribution in [-0.4, -0.2) is 28.0 Å². The normalized spacial score (nSPS) is 10.3. The predicted octanol–water partition coefficient (Wildman–Crippen LogP) is 2.01. The fourth-order valence-electron chi connectivity index (χ4n) is 2.23. The zero-order valence-corrected chi connectivity index (χ0v) is 14.3. The van der Waals surface area contributed by atoms with Crippen LogP contribution in [-0.2, 0) is 22.5 Å². The number of amides is 1. The van der Waals surface area contributed by atoms with E-state index in [1.54, 1.807) is 31.2 Å². The summed E-state index contributed by atoms with van der Waals surface area (Å²) < 4.78 is 6.15. The Kier molecular flexibility index (Phi) is 6.45. The third kappa shape index (κ3) is 5.27. The first-order valence-electron chi connectivity index (χ1n) is 8.16. The predicted molar refractivity (Wildman–Crippen MR) is 93.5 cm³/mol. The van der Waals surface area contributed by atoms with Gasteiger partial charge in [0.05, 0.1) is 18.5 Å². The lowest BCUT2D eigenvalue weighted by Gasteiger charge is -2.08. The standard InChI is InChI=1S/C18H21N3O4/c1-3-5-15-10-17(23)21(12-19-15)11-16(22)20-14-8-6-13(7-9-14)18(24)25-4-2/h6-10,12H,3-5,11H2,1-2H3,(H,20,22). The molecule has 7 nitrogen and oxygen atoms in total. The highest BCUT2D eigenvalue weighted by Crippen LogP contribution is 2.10. The minimum absolute atomic E-state index is 0.127. The van der Waals surface area contributed by atoms with Crippen molar-refractivity contribution in [3.05, 3.63) is 58.3 Å². The molecule has 0 radical (unpaired) electrons. The summed E-state index contributed by atoms with van der Waals surface area (Å²) in [7, 11) is 0. The lowest BCUT2D eigenvalue weighted by molar-refractivity contribution is -0.116. The number of hydrogen-bond donors (Lipinski definition) is 1. The van der Waals surface area contributed by atoms with E-state index >= 15 is 0 Å². The molecule has 1 aromatic carbocycles. The maximum Gasteiger partial charge on any atom is 0.338 e. The molecule has 0 atom stereocenters. The van der Waals surface area contributed by atoms with Crippen LogP contribution in [0.25, 0.3) is 0 Å². The molecule has 7 heteroatoms. The van der Waals surface area contributed by atoms with Crippen LogP contribution >= 0.6 is 0 Å². The van der Waals surface area contributed by atoms with Gasteiger partial charge < -0.3 is 10.1 Å². The zero-order chi connectivity index (χ0) is 18.2. The van der Waals surface area contributed by atoms with E-state index in [0.717, 1.165) is 18.5 Å². The Hall–Kier alpha value is -2.96. The first-order valence-corrected chi connectivity index (χ1v) is 8.16. The number of hydrogen-bond acceptors (Lipinski definition) is 5. The fraction of sp³-hybridized carbons (Fsp3) is 0.333. The van der Waals surface area contributed by atoms with Crippen molar-refractivity contribution >= 4 is 17.6 Å². The number of carbonyl (C=O) groups excluding carboxylic acids is 2. The van der Waals surface area contributed by atoms with Crippen LogP contribution in [0.15, 0.2) is 41.5 Å². The Morgan fingerprint density at radius 3 is 2.52 bits per heavy atom. The number of aromatic nitrogens is 2. The Labute approximate surface area is 145 Å². The second kappa shape index (κ2) is 8.77. The van der Waals surface area contributed by atoms with Crippen molar-refractivity contribution in [2.75, 3.05) is 11.9 Å². The summed E-state index contributed by atoms with van der Waals surface area (Å²) in [6, 6.07) is 7.80. The summed E-state index contributed by atoms with van der Waals surface area (Å²) in [5.41, 5.74) is 1.40. The smallest absolute Gasteiger partial charge is 0.338 e. The number of ether oxygens (including phenoxy) is 1. The van der Waals surface area contributed by atoms with E-state index in [0.29, 0.717) is 17.9 Å². The quantitative estimate of drug-likeness (QED) is 0.777. The first-order chi connectivity index (χ1) is 12.0. The van der Waals surface area contributed by atoms with E-state index in [-0.39, 0.29) is 18.0 Å². The highest BCUT2D eigenvalue weighted by atomic mass is 16.5. The topological polar surface area (TPSA) is 90.3 Å². The van der Waals surface area contributed by atoms with Gasteiger partial charge in [-0.05, 0) is 37.6 Å². The third-order valence-electron chi connectivity index (χ3n) is 3.44. The highest BCUT2D eigenvalue weighted by Gasteiger charge is 2.09. The minimum atomic E-state index is -0.412. The molecular weight excluding hydrogens is 322 g/mol. The molecule has 0 spiro atoms. The highest BCUT2D eigenvalue weighted by molar-refractivity contribution is 5.92. The average Bonchev–Trinajstić information content (AvgIpc) is 2.58. The number of rotatable bonds is 7. The molecule has 0 saturated carbocycles. The summed E-state index contributed by atoms with van der Waals surface area (Å²) >= 11 is 0. The summed E-state index contributed by atoms with van der Waals surface area (Å²) in [5.74, 6) is -0.763. The van der Waals surface area contributed by atoms with Crippen LogP contribution in [0.5, 0.6) is 0 Å². The fourth-order valence-corrected chi connectivity index (χ4v) is 2.23. The van der Waals surface area contributed by atoms with Crippen LogP contribution in [0.4, 0.5) is 5.69 Å². The SMILES string of the molecule is CCCc1cc(=O)n(CC(=O)Nc2ccc(C(=O)OCC)cc2)cn1. The van der Waals surface area contributed by atoms with Crippen molar-refractivity contribution in [1.29, 1.82) is 0 Å². The van der Waals surface area contributed by atoms with Crippen LogP contribution in [0.1, 0.15) is 36.3 Å². The van der Waals surface area contributed by atoms with Gasteiger partial charge in [0.1, 0.15) is 6.54 Å². The van der Waals surface area contributed by atoms with E-state index in [1.165, 1.54) is 17.0 Å². The summed E-state index contributed by atoms with van der Waals surface area (Å²) in [6.07, 6.45) is 3.02. The third-order valence-corrected chi connectivity index (χ3v) is 3.44. The molecule has 132 valence electrons. The van der Waals surface area contributed by atoms with Crippen molar-refractivity contribution in [1.82, 2.24) is 9.55 Å². The van der Waals surface area contributed by atoms with E-state index in [9.17, 15) is 14.4 Å². The van der Waals surface area contributed by atoms with E-state index in [1.807, 2.05) is 6.92 Å². The molecule has 2 rings (SSSR count). The van der Waals surface area contributed by atoms with E-state index in [4.69, 9.17) is 4.74 Å². The van der Waals surface area contributed by atoms with Gasteiger partial charge in [0.25, 0.3) is 5.56 Å².